The van der Waals surface area contributed by atoms with E-state index in [4.69, 9.17) is 0 Å². The highest BCUT2D eigenvalue weighted by molar-refractivity contribution is 5.34. The smallest absolute Gasteiger partial charge is 0.126 e. The molecule has 0 radical (unpaired) electrons. The highest BCUT2D eigenvalue weighted by atomic mass is 19.1. The highest BCUT2D eigenvalue weighted by Gasteiger charge is 2.12. The van der Waals surface area contributed by atoms with Crippen LogP contribution in [0.15, 0.2) is 18.2 Å². The minimum atomic E-state index is -0.399. The predicted octanol–water partition coefficient (Wildman–Crippen LogP) is 3.06. The van der Waals surface area contributed by atoms with Crippen molar-refractivity contribution in [1.29, 1.82) is 0 Å². The number of hydrogen-bond donors (Lipinski definition) is 2. The van der Waals surface area contributed by atoms with Crippen LogP contribution in [0.1, 0.15) is 44.2 Å². The molecule has 1 fully saturated rings. The third kappa shape index (κ3) is 4.46. The Bertz CT molecular complexity index is 419. The van der Waals surface area contributed by atoms with Crippen molar-refractivity contribution in [3.8, 4) is 5.75 Å². The summed E-state index contributed by atoms with van der Waals surface area (Å²) in [6.07, 6.45) is 5.13. The molecule has 3 nitrogen and oxygen atoms in total. The van der Waals surface area contributed by atoms with Gasteiger partial charge in [0.15, 0.2) is 0 Å². The van der Waals surface area contributed by atoms with Crippen molar-refractivity contribution in [2.45, 2.75) is 38.6 Å². The van der Waals surface area contributed by atoms with Crippen molar-refractivity contribution in [2.75, 3.05) is 26.2 Å². The first-order chi connectivity index (χ1) is 9.66. The highest BCUT2D eigenvalue weighted by Crippen LogP contribution is 2.24. The molecule has 2 N–H and O–H groups in total. The molecular weight excluding hydrogens is 255 g/mol. The molecule has 112 valence electrons. The Balaban J connectivity index is 1.70. The lowest BCUT2D eigenvalue weighted by molar-refractivity contribution is 0.225. The second-order valence-corrected chi connectivity index (χ2v) is 5.63. The maximum Gasteiger partial charge on any atom is 0.126 e. The lowest BCUT2D eigenvalue weighted by Gasteiger charge is -2.26. The molecule has 1 aromatic carbocycles. The van der Waals surface area contributed by atoms with Crippen LogP contribution in [0.4, 0.5) is 4.39 Å². The van der Waals surface area contributed by atoms with Crippen LogP contribution in [0.2, 0.25) is 0 Å². The van der Waals surface area contributed by atoms with Crippen LogP contribution < -0.4 is 5.32 Å². The van der Waals surface area contributed by atoms with Crippen LogP contribution >= 0.6 is 0 Å². The summed E-state index contributed by atoms with van der Waals surface area (Å²) in [7, 11) is 0. The number of piperidine rings is 1. The Kier molecular flexibility index (Phi) is 5.80. The van der Waals surface area contributed by atoms with Crippen LogP contribution in [-0.4, -0.2) is 36.2 Å². The van der Waals surface area contributed by atoms with Gasteiger partial charge in [0.2, 0.25) is 0 Å². The summed E-state index contributed by atoms with van der Waals surface area (Å²) in [6.45, 7) is 6.50. The summed E-state index contributed by atoms with van der Waals surface area (Å²) in [5, 5.41) is 13.1. The van der Waals surface area contributed by atoms with Crippen molar-refractivity contribution in [2.24, 2.45) is 0 Å². The average Bonchev–Trinajstić information content (AvgIpc) is 2.44. The molecule has 1 unspecified atom stereocenters. The topological polar surface area (TPSA) is 35.5 Å². The quantitative estimate of drug-likeness (QED) is 0.786. The lowest BCUT2D eigenvalue weighted by atomic mass is 10.1. The van der Waals surface area contributed by atoms with E-state index >= 15 is 0 Å². The van der Waals surface area contributed by atoms with E-state index in [-0.39, 0.29) is 11.8 Å². The van der Waals surface area contributed by atoms with Gasteiger partial charge in [-0.3, -0.25) is 0 Å². The first-order valence-electron chi connectivity index (χ1n) is 7.61. The Hall–Kier alpha value is -1.13. The molecule has 1 aliphatic heterocycles. The molecule has 2 rings (SSSR count). The number of phenolic OH excluding ortho intramolecular Hbond substituents is 1. The fraction of sp³-hybridized carbons (Fsp3) is 0.625. The molecular formula is C16H25FN2O. The summed E-state index contributed by atoms with van der Waals surface area (Å²) in [5.41, 5.74) is 0.754. The van der Waals surface area contributed by atoms with E-state index in [0.717, 1.165) is 25.1 Å². The Morgan fingerprint density at radius 3 is 2.75 bits per heavy atom. The van der Waals surface area contributed by atoms with E-state index in [1.807, 2.05) is 6.92 Å². The van der Waals surface area contributed by atoms with Gasteiger partial charge in [0.05, 0.1) is 0 Å². The molecule has 1 heterocycles. The Labute approximate surface area is 120 Å². The van der Waals surface area contributed by atoms with E-state index in [0.29, 0.717) is 0 Å². The van der Waals surface area contributed by atoms with Crippen molar-refractivity contribution in [3.05, 3.63) is 29.6 Å². The fourth-order valence-electron chi connectivity index (χ4n) is 2.80. The molecule has 20 heavy (non-hydrogen) atoms. The zero-order chi connectivity index (χ0) is 14.4. The number of nitrogens with one attached hydrogen (secondary N) is 1. The van der Waals surface area contributed by atoms with Gasteiger partial charge in [-0.2, -0.15) is 0 Å². The summed E-state index contributed by atoms with van der Waals surface area (Å²) in [4.78, 5) is 2.52. The normalized spacial score (nSPS) is 18.1. The summed E-state index contributed by atoms with van der Waals surface area (Å²) < 4.78 is 12.9. The van der Waals surface area contributed by atoms with Crippen molar-refractivity contribution < 1.29 is 9.50 Å². The number of rotatable bonds is 6. The molecule has 1 aliphatic rings. The van der Waals surface area contributed by atoms with Gasteiger partial charge in [0.1, 0.15) is 11.6 Å². The molecule has 0 spiro atoms. The molecule has 0 aromatic heterocycles. The van der Waals surface area contributed by atoms with E-state index in [2.05, 4.69) is 10.2 Å². The Morgan fingerprint density at radius 2 is 2.05 bits per heavy atom. The number of hydrogen-bond acceptors (Lipinski definition) is 3. The van der Waals surface area contributed by atoms with Gasteiger partial charge in [0, 0.05) is 17.7 Å². The molecule has 0 amide bonds. The number of aromatic hydroxyl groups is 1. The zero-order valence-electron chi connectivity index (χ0n) is 12.2. The minimum absolute atomic E-state index is 0.0287. The number of halogens is 1. The predicted molar refractivity (Wildman–Crippen MR) is 79.4 cm³/mol. The number of benzene rings is 1. The SMILES string of the molecule is CC(NCCCN1CCCCC1)c1ccc(F)cc1O. The Morgan fingerprint density at radius 1 is 1.30 bits per heavy atom. The van der Waals surface area contributed by atoms with Crippen molar-refractivity contribution in [1.82, 2.24) is 10.2 Å². The van der Waals surface area contributed by atoms with Gasteiger partial charge < -0.3 is 15.3 Å². The molecule has 4 heteroatoms. The van der Waals surface area contributed by atoms with E-state index in [1.165, 1.54) is 44.5 Å². The molecule has 0 bridgehead atoms. The molecule has 0 saturated carbocycles. The van der Waals surface area contributed by atoms with Crippen LogP contribution in [0.25, 0.3) is 0 Å². The maximum atomic E-state index is 12.9. The van der Waals surface area contributed by atoms with Crippen molar-refractivity contribution >= 4 is 0 Å². The second-order valence-electron chi connectivity index (χ2n) is 5.63. The monoisotopic (exact) mass is 280 g/mol. The van der Waals surface area contributed by atoms with E-state index < -0.39 is 5.82 Å². The maximum absolute atomic E-state index is 12.9. The van der Waals surface area contributed by atoms with Crippen LogP contribution in [0.3, 0.4) is 0 Å². The van der Waals surface area contributed by atoms with Gasteiger partial charge in [-0.1, -0.05) is 12.5 Å². The number of phenols is 1. The van der Waals surface area contributed by atoms with Gasteiger partial charge in [0.25, 0.3) is 0 Å². The fourth-order valence-corrected chi connectivity index (χ4v) is 2.80. The average molecular weight is 280 g/mol. The van der Waals surface area contributed by atoms with Crippen LogP contribution in [-0.2, 0) is 0 Å². The summed E-state index contributed by atoms with van der Waals surface area (Å²) in [6, 6.07) is 4.24. The first kappa shape index (κ1) is 15.3. The van der Waals surface area contributed by atoms with Crippen molar-refractivity contribution in [3.63, 3.8) is 0 Å². The first-order valence-corrected chi connectivity index (χ1v) is 7.61. The molecule has 1 saturated heterocycles. The molecule has 0 aliphatic carbocycles. The number of likely N-dealkylation sites (tertiary alicyclic amines) is 1. The lowest BCUT2D eigenvalue weighted by Crippen LogP contribution is -2.32. The largest absolute Gasteiger partial charge is 0.508 e. The minimum Gasteiger partial charge on any atom is -0.508 e. The van der Waals surface area contributed by atoms with Gasteiger partial charge in [-0.05, 0) is 58.4 Å². The third-order valence-corrected chi connectivity index (χ3v) is 4.01. The zero-order valence-corrected chi connectivity index (χ0v) is 12.2. The van der Waals surface area contributed by atoms with Gasteiger partial charge >= 0.3 is 0 Å². The van der Waals surface area contributed by atoms with Crippen LogP contribution in [0, 0.1) is 5.82 Å². The second kappa shape index (κ2) is 7.60. The summed E-state index contributed by atoms with van der Waals surface area (Å²) >= 11 is 0. The molecule has 1 aromatic rings. The van der Waals surface area contributed by atoms with E-state index in [9.17, 15) is 9.50 Å². The summed E-state index contributed by atoms with van der Waals surface area (Å²) in [5.74, 6) is -0.371. The standard InChI is InChI=1S/C16H25FN2O/c1-13(15-7-6-14(17)12-16(15)20)18-8-5-11-19-9-3-2-4-10-19/h6-7,12-13,18,20H,2-5,8-11H2,1H3. The van der Waals surface area contributed by atoms with E-state index in [1.54, 1.807) is 6.07 Å². The number of nitrogens with zero attached hydrogens (tertiary/aromatic N) is 1. The third-order valence-electron chi connectivity index (χ3n) is 4.01. The van der Waals surface area contributed by atoms with Gasteiger partial charge in [-0.25, -0.2) is 4.39 Å². The van der Waals surface area contributed by atoms with Crippen LogP contribution in [0.5, 0.6) is 5.75 Å². The van der Waals surface area contributed by atoms with Gasteiger partial charge in [-0.15, -0.1) is 0 Å². The molecule has 1 atom stereocenters.